The van der Waals surface area contributed by atoms with Gasteiger partial charge in [0.2, 0.25) is 0 Å². The maximum absolute atomic E-state index is 4.59. The van der Waals surface area contributed by atoms with E-state index in [1.165, 1.54) is 16.7 Å². The summed E-state index contributed by atoms with van der Waals surface area (Å²) in [6.45, 7) is 4.12. The van der Waals surface area contributed by atoms with Gasteiger partial charge in [-0.1, -0.05) is 35.9 Å². The van der Waals surface area contributed by atoms with Gasteiger partial charge in [0.1, 0.15) is 0 Å². The summed E-state index contributed by atoms with van der Waals surface area (Å²) in [4.78, 5) is 4.59. The predicted octanol–water partition coefficient (Wildman–Crippen LogP) is 3.80. The van der Waals surface area contributed by atoms with Crippen LogP contribution in [0.5, 0.6) is 0 Å². The Morgan fingerprint density at radius 2 is 1.69 bits per heavy atom. The van der Waals surface area contributed by atoms with Crippen molar-refractivity contribution in [3.8, 4) is 11.3 Å². The van der Waals surface area contributed by atoms with Crippen molar-refractivity contribution in [1.29, 1.82) is 0 Å². The van der Waals surface area contributed by atoms with Gasteiger partial charge in [0, 0.05) is 17.0 Å². The minimum absolute atomic E-state index is 0.743. The summed E-state index contributed by atoms with van der Waals surface area (Å²) < 4.78 is 0. The highest BCUT2D eigenvalue weighted by Gasteiger charge is 2.02. The van der Waals surface area contributed by atoms with Gasteiger partial charge in [-0.25, -0.2) is 0 Å². The van der Waals surface area contributed by atoms with Crippen molar-refractivity contribution in [2.75, 3.05) is 0 Å². The highest BCUT2D eigenvalue weighted by molar-refractivity contribution is 7.79. The average Bonchev–Trinajstić information content (AvgIpc) is 2.30. The molecule has 2 rings (SSSR count). The molecule has 82 valence electrons. The van der Waals surface area contributed by atoms with E-state index >= 15 is 0 Å². The topological polar surface area (TPSA) is 12.9 Å². The van der Waals surface area contributed by atoms with Crippen LogP contribution in [0.4, 0.5) is 0 Å². The number of benzene rings is 1. The molecule has 16 heavy (non-hydrogen) atoms. The van der Waals surface area contributed by atoms with Gasteiger partial charge in [0.25, 0.3) is 0 Å². The molecule has 0 bridgehead atoms. The van der Waals surface area contributed by atoms with E-state index in [0.29, 0.717) is 0 Å². The first-order valence-corrected chi connectivity index (χ1v) is 5.98. The molecule has 0 fully saturated rings. The highest BCUT2D eigenvalue weighted by Crippen LogP contribution is 2.20. The molecule has 0 aliphatic carbocycles. The first kappa shape index (κ1) is 11.2. The molecular weight excluding hydrogens is 214 g/mol. The fourth-order valence-electron chi connectivity index (χ4n) is 1.64. The Labute approximate surface area is 102 Å². The van der Waals surface area contributed by atoms with E-state index < -0.39 is 0 Å². The van der Waals surface area contributed by atoms with Crippen LogP contribution in [0.15, 0.2) is 36.4 Å². The lowest BCUT2D eigenvalue weighted by Crippen LogP contribution is -1.92. The van der Waals surface area contributed by atoms with Crippen LogP contribution in [0.2, 0.25) is 0 Å². The van der Waals surface area contributed by atoms with E-state index in [1.54, 1.807) is 0 Å². The van der Waals surface area contributed by atoms with Crippen LogP contribution in [-0.4, -0.2) is 4.98 Å². The van der Waals surface area contributed by atoms with Crippen molar-refractivity contribution < 1.29 is 0 Å². The second kappa shape index (κ2) is 4.71. The highest BCUT2D eigenvalue weighted by atomic mass is 32.1. The molecule has 1 aromatic heterocycles. The molecule has 0 aliphatic rings. The molecule has 1 heterocycles. The molecule has 2 heteroatoms. The zero-order valence-corrected chi connectivity index (χ0v) is 10.5. The van der Waals surface area contributed by atoms with Crippen LogP contribution in [0, 0.1) is 13.8 Å². The number of rotatable bonds is 2. The van der Waals surface area contributed by atoms with Gasteiger partial charge < -0.3 is 0 Å². The summed E-state index contributed by atoms with van der Waals surface area (Å²) in [5, 5.41) is 0. The molecule has 1 aromatic carbocycles. The smallest absolute Gasteiger partial charge is 0.0705 e. The van der Waals surface area contributed by atoms with Gasteiger partial charge in [-0.15, -0.1) is 0 Å². The molecule has 0 N–H and O–H groups in total. The van der Waals surface area contributed by atoms with Gasteiger partial charge in [0.05, 0.1) is 5.69 Å². The van der Waals surface area contributed by atoms with Crippen molar-refractivity contribution in [2.45, 2.75) is 19.6 Å². The summed E-state index contributed by atoms with van der Waals surface area (Å²) in [5.74, 6) is 0.743. The maximum atomic E-state index is 4.59. The van der Waals surface area contributed by atoms with E-state index in [9.17, 15) is 0 Å². The molecule has 1 nitrogen and oxygen atoms in total. The van der Waals surface area contributed by atoms with Crippen LogP contribution in [0.3, 0.4) is 0 Å². The third kappa shape index (κ3) is 2.27. The first-order chi connectivity index (χ1) is 7.70. The Morgan fingerprint density at radius 1 is 1.00 bits per heavy atom. The zero-order chi connectivity index (χ0) is 11.5. The summed E-state index contributed by atoms with van der Waals surface area (Å²) in [7, 11) is 0. The second-order valence-electron chi connectivity index (χ2n) is 3.97. The van der Waals surface area contributed by atoms with Crippen molar-refractivity contribution in [2.24, 2.45) is 0 Å². The Balaban J connectivity index is 2.41. The minimum atomic E-state index is 0.743. The molecule has 0 atom stereocenters. The van der Waals surface area contributed by atoms with E-state index in [4.69, 9.17) is 0 Å². The number of thiol groups is 1. The lowest BCUT2D eigenvalue weighted by molar-refractivity contribution is 1.14. The van der Waals surface area contributed by atoms with Crippen LogP contribution in [0.1, 0.15) is 16.8 Å². The van der Waals surface area contributed by atoms with Gasteiger partial charge in [-0.05, 0) is 25.5 Å². The van der Waals surface area contributed by atoms with E-state index in [2.05, 4.69) is 60.9 Å². The Hall–Kier alpha value is -1.28. The summed E-state index contributed by atoms with van der Waals surface area (Å²) in [6, 6.07) is 12.6. The molecule has 0 unspecified atom stereocenters. The third-order valence-electron chi connectivity index (χ3n) is 2.71. The van der Waals surface area contributed by atoms with E-state index in [0.717, 1.165) is 17.1 Å². The average molecular weight is 229 g/mol. The Bertz CT molecular complexity index is 489. The van der Waals surface area contributed by atoms with Crippen LogP contribution in [0.25, 0.3) is 11.3 Å². The van der Waals surface area contributed by atoms with Crippen molar-refractivity contribution in [3.63, 3.8) is 0 Å². The molecule has 0 radical (unpaired) electrons. The number of hydrogen-bond acceptors (Lipinski definition) is 2. The lowest BCUT2D eigenvalue weighted by Gasteiger charge is -2.06. The van der Waals surface area contributed by atoms with E-state index in [1.807, 2.05) is 6.92 Å². The first-order valence-electron chi connectivity index (χ1n) is 5.35. The molecule has 0 aliphatic heterocycles. The number of hydrogen-bond donors (Lipinski definition) is 1. The molecule has 0 amide bonds. The number of pyridine rings is 1. The lowest BCUT2D eigenvalue weighted by atomic mass is 10.1. The summed E-state index contributed by atoms with van der Waals surface area (Å²) >= 11 is 4.27. The van der Waals surface area contributed by atoms with Crippen molar-refractivity contribution >= 4 is 12.6 Å². The molecular formula is C14H15NS. The number of aryl methyl sites for hydroxylation is 2. The Morgan fingerprint density at radius 3 is 2.25 bits per heavy atom. The van der Waals surface area contributed by atoms with Gasteiger partial charge >= 0.3 is 0 Å². The second-order valence-corrected chi connectivity index (χ2v) is 4.28. The van der Waals surface area contributed by atoms with Gasteiger partial charge in [-0.2, -0.15) is 12.6 Å². The quantitative estimate of drug-likeness (QED) is 0.773. The van der Waals surface area contributed by atoms with Crippen LogP contribution < -0.4 is 0 Å². The third-order valence-corrected chi connectivity index (χ3v) is 3.05. The SMILES string of the molecule is Cc1ccc(-c2ccc(CS)c(C)n2)cc1. The van der Waals surface area contributed by atoms with E-state index in [-0.39, 0.29) is 0 Å². The summed E-state index contributed by atoms with van der Waals surface area (Å²) in [6.07, 6.45) is 0. The monoisotopic (exact) mass is 229 g/mol. The fraction of sp³-hybridized carbons (Fsp3) is 0.214. The molecule has 0 saturated heterocycles. The van der Waals surface area contributed by atoms with Gasteiger partial charge in [-0.3, -0.25) is 4.98 Å². The minimum Gasteiger partial charge on any atom is -0.253 e. The molecule has 2 aromatic rings. The molecule has 0 spiro atoms. The largest absolute Gasteiger partial charge is 0.253 e. The van der Waals surface area contributed by atoms with Crippen molar-refractivity contribution in [1.82, 2.24) is 4.98 Å². The number of aromatic nitrogens is 1. The van der Waals surface area contributed by atoms with Crippen LogP contribution >= 0.6 is 12.6 Å². The van der Waals surface area contributed by atoms with Crippen LogP contribution in [-0.2, 0) is 5.75 Å². The number of nitrogens with zero attached hydrogens (tertiary/aromatic N) is 1. The predicted molar refractivity (Wildman–Crippen MR) is 71.8 cm³/mol. The fourth-order valence-corrected chi connectivity index (χ4v) is 1.98. The zero-order valence-electron chi connectivity index (χ0n) is 9.57. The molecule has 0 saturated carbocycles. The van der Waals surface area contributed by atoms with Gasteiger partial charge in [0.15, 0.2) is 0 Å². The standard InChI is InChI=1S/C14H15NS/c1-10-3-5-12(6-4-10)14-8-7-13(9-16)11(2)15-14/h3-8,16H,9H2,1-2H3. The Kier molecular flexibility index (Phi) is 3.30. The maximum Gasteiger partial charge on any atom is 0.0705 e. The summed E-state index contributed by atoms with van der Waals surface area (Å²) in [5.41, 5.74) is 5.72. The normalized spacial score (nSPS) is 10.4. The van der Waals surface area contributed by atoms with Crippen molar-refractivity contribution in [3.05, 3.63) is 53.2 Å².